The first-order chi connectivity index (χ1) is 28.3. The molecule has 2 heteroatoms. The number of rotatable bonds is 5. The normalized spacial score (nSPS) is 14.7. The van der Waals surface area contributed by atoms with E-state index in [1.54, 1.807) is 0 Å². The van der Waals surface area contributed by atoms with Crippen molar-refractivity contribution in [1.29, 1.82) is 0 Å². The highest BCUT2D eigenvalue weighted by Gasteiger charge is 2.52. The molecule has 0 bridgehead atoms. The van der Waals surface area contributed by atoms with E-state index in [2.05, 4.69) is 211 Å². The van der Waals surface area contributed by atoms with Crippen molar-refractivity contribution in [2.45, 2.75) is 5.41 Å². The highest BCUT2D eigenvalue weighted by atomic mass is 16.3. The summed E-state index contributed by atoms with van der Waals surface area (Å²) in [5, 5.41) is 2.20. The van der Waals surface area contributed by atoms with Crippen molar-refractivity contribution >= 4 is 39.0 Å². The van der Waals surface area contributed by atoms with Crippen molar-refractivity contribution in [2.24, 2.45) is 0 Å². The molecule has 0 radical (unpaired) electrons. The molecule has 0 fully saturated rings. The van der Waals surface area contributed by atoms with E-state index in [0.29, 0.717) is 0 Å². The minimum Gasteiger partial charge on any atom is -0.456 e. The van der Waals surface area contributed by atoms with Gasteiger partial charge in [0.15, 0.2) is 0 Å². The van der Waals surface area contributed by atoms with E-state index in [-0.39, 0.29) is 0 Å². The molecule has 0 saturated heterocycles. The lowest BCUT2D eigenvalue weighted by Crippen LogP contribution is -2.26. The Bertz CT molecular complexity index is 3180. The first-order valence-corrected chi connectivity index (χ1v) is 19.7. The third-order valence-electron chi connectivity index (χ3n) is 12.3. The fourth-order valence-corrected chi connectivity index (χ4v) is 9.90. The van der Waals surface area contributed by atoms with Crippen molar-refractivity contribution in [3.8, 4) is 44.5 Å². The van der Waals surface area contributed by atoms with Crippen LogP contribution in [0, 0.1) is 0 Å². The summed E-state index contributed by atoms with van der Waals surface area (Å²) in [6.45, 7) is 0. The number of fused-ring (bicyclic) bond motifs is 13. The number of hydrogen-bond acceptors (Lipinski definition) is 2. The standard InChI is InChI=1S/C55H35NO/c1-3-15-36(16-4-1)38-19-13-20-40(33-38)56(51-26-14-28-53-54(51)46-23-9-12-27-52(46)57-53)41-30-32-45-43-22-8-11-25-48(43)55(50(45)35-41)47-24-10-7-21-42(47)44-31-29-39(34-49(44)55)37-17-5-2-6-18-37/h1-35H. The summed E-state index contributed by atoms with van der Waals surface area (Å²) in [4.78, 5) is 2.44. The van der Waals surface area contributed by atoms with Crippen LogP contribution in [-0.2, 0) is 5.41 Å². The number of nitrogens with zero attached hydrogens (tertiary/aromatic N) is 1. The summed E-state index contributed by atoms with van der Waals surface area (Å²) in [6.07, 6.45) is 0. The van der Waals surface area contributed by atoms with Gasteiger partial charge >= 0.3 is 0 Å². The Labute approximate surface area is 331 Å². The van der Waals surface area contributed by atoms with Crippen LogP contribution in [0.2, 0.25) is 0 Å². The van der Waals surface area contributed by atoms with Crippen LogP contribution in [0.15, 0.2) is 217 Å². The molecule has 1 atom stereocenters. The molecule has 2 aliphatic carbocycles. The minimum absolute atomic E-state index is 0.509. The van der Waals surface area contributed by atoms with Gasteiger partial charge in [0.05, 0.1) is 16.5 Å². The molecule has 1 spiro atoms. The summed E-state index contributed by atoms with van der Waals surface area (Å²) in [5.41, 5.74) is 19.7. The Morgan fingerprint density at radius 1 is 0.333 bits per heavy atom. The Kier molecular flexibility index (Phi) is 6.88. The second-order valence-corrected chi connectivity index (χ2v) is 15.2. The largest absolute Gasteiger partial charge is 0.456 e. The molecule has 1 heterocycles. The van der Waals surface area contributed by atoms with Gasteiger partial charge in [0.1, 0.15) is 11.2 Å². The molecule has 12 rings (SSSR count). The zero-order valence-electron chi connectivity index (χ0n) is 31.1. The number of para-hydroxylation sites is 1. The van der Waals surface area contributed by atoms with E-state index in [1.165, 1.54) is 66.8 Å². The summed E-state index contributed by atoms with van der Waals surface area (Å²) >= 11 is 0. The molecule has 266 valence electrons. The molecule has 2 aliphatic rings. The lowest BCUT2D eigenvalue weighted by atomic mass is 9.70. The summed E-state index contributed by atoms with van der Waals surface area (Å²) in [6, 6.07) is 77.6. The molecule has 1 aromatic heterocycles. The van der Waals surface area contributed by atoms with Crippen LogP contribution in [0.1, 0.15) is 22.3 Å². The van der Waals surface area contributed by atoms with Crippen molar-refractivity contribution in [2.75, 3.05) is 4.90 Å². The highest BCUT2D eigenvalue weighted by Crippen LogP contribution is 2.64. The van der Waals surface area contributed by atoms with Gasteiger partial charge in [0.25, 0.3) is 0 Å². The molecule has 0 N–H and O–H groups in total. The van der Waals surface area contributed by atoms with Gasteiger partial charge < -0.3 is 9.32 Å². The summed E-state index contributed by atoms with van der Waals surface area (Å²) in [5.74, 6) is 0. The van der Waals surface area contributed by atoms with E-state index in [4.69, 9.17) is 4.42 Å². The highest BCUT2D eigenvalue weighted by molar-refractivity contribution is 6.13. The minimum atomic E-state index is -0.509. The molecule has 10 aromatic rings. The molecule has 1 unspecified atom stereocenters. The van der Waals surface area contributed by atoms with Crippen LogP contribution in [0.3, 0.4) is 0 Å². The van der Waals surface area contributed by atoms with Crippen molar-refractivity contribution in [1.82, 2.24) is 0 Å². The quantitative estimate of drug-likeness (QED) is 0.176. The molecule has 57 heavy (non-hydrogen) atoms. The number of benzene rings is 9. The van der Waals surface area contributed by atoms with E-state index in [9.17, 15) is 0 Å². The Morgan fingerprint density at radius 3 is 1.60 bits per heavy atom. The first-order valence-electron chi connectivity index (χ1n) is 19.7. The van der Waals surface area contributed by atoms with Gasteiger partial charge in [-0.25, -0.2) is 0 Å². The van der Waals surface area contributed by atoms with Gasteiger partial charge in [0.2, 0.25) is 0 Å². The zero-order chi connectivity index (χ0) is 37.5. The van der Waals surface area contributed by atoms with Crippen LogP contribution in [0.5, 0.6) is 0 Å². The van der Waals surface area contributed by atoms with Crippen LogP contribution in [0.4, 0.5) is 17.1 Å². The smallest absolute Gasteiger partial charge is 0.137 e. The maximum atomic E-state index is 6.50. The van der Waals surface area contributed by atoms with Gasteiger partial charge in [-0.15, -0.1) is 0 Å². The van der Waals surface area contributed by atoms with E-state index < -0.39 is 5.41 Å². The number of anilines is 3. The lowest BCUT2D eigenvalue weighted by molar-refractivity contribution is 0.669. The number of hydrogen-bond donors (Lipinski definition) is 0. The maximum Gasteiger partial charge on any atom is 0.137 e. The Morgan fingerprint density at radius 2 is 0.860 bits per heavy atom. The summed E-state index contributed by atoms with van der Waals surface area (Å²) < 4.78 is 6.50. The van der Waals surface area contributed by atoms with E-state index in [0.717, 1.165) is 39.0 Å². The number of furan rings is 1. The fraction of sp³-hybridized carbons (Fsp3) is 0.0182. The second-order valence-electron chi connectivity index (χ2n) is 15.2. The van der Waals surface area contributed by atoms with Gasteiger partial charge in [-0.2, -0.15) is 0 Å². The predicted molar refractivity (Wildman–Crippen MR) is 236 cm³/mol. The first kappa shape index (κ1) is 31.9. The zero-order valence-corrected chi connectivity index (χ0v) is 31.1. The Balaban J connectivity index is 1.16. The molecular formula is C55H35NO. The molecule has 0 aliphatic heterocycles. The van der Waals surface area contributed by atoms with Crippen LogP contribution in [0.25, 0.3) is 66.4 Å². The van der Waals surface area contributed by atoms with Crippen LogP contribution < -0.4 is 4.90 Å². The lowest BCUT2D eigenvalue weighted by Gasteiger charge is -2.32. The van der Waals surface area contributed by atoms with Gasteiger partial charge in [-0.05, 0) is 115 Å². The van der Waals surface area contributed by atoms with Gasteiger partial charge in [-0.3, -0.25) is 0 Å². The third kappa shape index (κ3) is 4.59. The van der Waals surface area contributed by atoms with Crippen molar-refractivity contribution < 1.29 is 4.42 Å². The predicted octanol–water partition coefficient (Wildman–Crippen LogP) is 14.7. The molecule has 0 saturated carbocycles. The molecule has 9 aromatic carbocycles. The van der Waals surface area contributed by atoms with Crippen LogP contribution in [-0.4, -0.2) is 0 Å². The monoisotopic (exact) mass is 725 g/mol. The van der Waals surface area contributed by atoms with Gasteiger partial charge in [-0.1, -0.05) is 164 Å². The van der Waals surface area contributed by atoms with Crippen molar-refractivity contribution in [3.05, 3.63) is 235 Å². The third-order valence-corrected chi connectivity index (χ3v) is 12.3. The molecule has 2 nitrogen and oxygen atoms in total. The fourth-order valence-electron chi connectivity index (χ4n) is 9.90. The topological polar surface area (TPSA) is 16.4 Å². The van der Waals surface area contributed by atoms with E-state index >= 15 is 0 Å². The average molecular weight is 726 g/mol. The summed E-state index contributed by atoms with van der Waals surface area (Å²) in [7, 11) is 0. The average Bonchev–Trinajstić information content (AvgIpc) is 3.91. The van der Waals surface area contributed by atoms with Crippen LogP contribution >= 0.6 is 0 Å². The SMILES string of the molecule is c1ccc(-c2cccc(N(c3ccc4c(c3)C3(c5ccccc5-c5ccc(-c6ccccc6)cc53)c3ccccc3-4)c3cccc4oc5ccccc5c34)c2)cc1. The van der Waals surface area contributed by atoms with E-state index in [1.807, 2.05) is 6.07 Å². The van der Waals surface area contributed by atoms with Gasteiger partial charge in [0, 0.05) is 16.8 Å². The second kappa shape index (κ2) is 12.3. The maximum absolute atomic E-state index is 6.50. The molecule has 0 amide bonds. The Hall–Kier alpha value is -7.42. The molecular weight excluding hydrogens is 691 g/mol. The van der Waals surface area contributed by atoms with Crippen molar-refractivity contribution in [3.63, 3.8) is 0 Å².